The Morgan fingerprint density at radius 2 is 1.92 bits per heavy atom. The van der Waals surface area contributed by atoms with Gasteiger partial charge in [-0.25, -0.2) is 0 Å². The third kappa shape index (κ3) is 8.76. The number of primary amides is 1. The zero-order chi connectivity index (χ0) is 20.1. The highest BCUT2D eigenvalue weighted by atomic mass is 35.5. The van der Waals surface area contributed by atoms with Crippen molar-refractivity contribution in [3.05, 3.63) is 64.2 Å². The number of benzene rings is 1. The van der Waals surface area contributed by atoms with Gasteiger partial charge in [-0.3, -0.25) is 24.4 Å². The van der Waals surface area contributed by atoms with Crippen molar-refractivity contribution < 1.29 is 19.5 Å². The highest BCUT2D eigenvalue weighted by Crippen LogP contribution is 2.11. The number of nitrogens with one attached hydrogen (secondary N) is 1. The molecule has 0 saturated carbocycles. The summed E-state index contributed by atoms with van der Waals surface area (Å²) in [5, 5.41) is 16.2. The molecule has 0 saturated heterocycles. The second-order valence-corrected chi connectivity index (χ2v) is 5.14. The van der Waals surface area contributed by atoms with Gasteiger partial charge in [0.15, 0.2) is 0 Å². The van der Waals surface area contributed by atoms with Crippen molar-refractivity contribution in [1.82, 2.24) is 4.57 Å². The zero-order valence-corrected chi connectivity index (χ0v) is 14.9. The van der Waals surface area contributed by atoms with Crippen molar-refractivity contribution in [1.29, 1.82) is 5.41 Å². The second-order valence-electron chi connectivity index (χ2n) is 4.70. The Labute approximate surface area is 155 Å². The summed E-state index contributed by atoms with van der Waals surface area (Å²) >= 11 is 5.71. The van der Waals surface area contributed by atoms with Crippen LogP contribution in [0.15, 0.2) is 42.6 Å². The molecular formula is C17H21ClN4O4. The van der Waals surface area contributed by atoms with Gasteiger partial charge in [-0.05, 0) is 43.3 Å². The molecule has 0 aliphatic rings. The highest BCUT2D eigenvalue weighted by Gasteiger charge is 2.00. The van der Waals surface area contributed by atoms with E-state index in [0.29, 0.717) is 17.9 Å². The lowest BCUT2D eigenvalue weighted by Gasteiger charge is -1.98. The molecule has 1 aromatic heterocycles. The largest absolute Gasteiger partial charge is 0.481 e. The third-order valence-electron chi connectivity index (χ3n) is 2.89. The first-order chi connectivity index (χ1) is 12.3. The van der Waals surface area contributed by atoms with Crippen LogP contribution in [0.5, 0.6) is 0 Å². The Morgan fingerprint density at radius 3 is 2.42 bits per heavy atom. The average molecular weight is 381 g/mol. The number of aromatic nitrogens is 1. The third-order valence-corrected chi connectivity index (χ3v) is 3.13. The Balaban J connectivity index is 0.000000439. The van der Waals surface area contributed by atoms with Gasteiger partial charge in [0.25, 0.3) is 0 Å². The molecule has 2 aromatic rings. The van der Waals surface area contributed by atoms with E-state index in [-0.39, 0.29) is 17.5 Å². The fourth-order valence-electron chi connectivity index (χ4n) is 1.69. The summed E-state index contributed by atoms with van der Waals surface area (Å²) in [6.07, 6.45) is 2.35. The molecule has 0 aliphatic heterocycles. The van der Waals surface area contributed by atoms with Gasteiger partial charge in [-0.2, -0.15) is 0 Å². The van der Waals surface area contributed by atoms with Gasteiger partial charge in [-0.1, -0.05) is 23.7 Å². The van der Waals surface area contributed by atoms with Crippen LogP contribution in [0.1, 0.15) is 22.3 Å². The minimum Gasteiger partial charge on any atom is -0.481 e. The van der Waals surface area contributed by atoms with Crippen LogP contribution in [0.25, 0.3) is 0 Å². The molecule has 1 heterocycles. The van der Waals surface area contributed by atoms with Crippen molar-refractivity contribution in [2.75, 3.05) is 7.05 Å². The summed E-state index contributed by atoms with van der Waals surface area (Å²) in [5.41, 5.74) is 10.6. The predicted octanol–water partition coefficient (Wildman–Crippen LogP) is 1.04. The standard InChI is InChI=1S/C9H9ClO2.C7H7N3O2.CH5N/c10-8-3-1-2-7(6-8)4-5-9(11)12;8-6-2-1-5(7(9)12)3-10(6)4-11;1-2/h1-3,6H,4-5H2,(H,11,12);1-4,8H,(H2,9,12);2H2,1H3. The maximum absolute atomic E-state index is 10.6. The number of carboxylic acid groups (broad SMARTS) is 1. The van der Waals surface area contributed by atoms with Crippen LogP contribution in [0.2, 0.25) is 5.02 Å². The fourth-order valence-corrected chi connectivity index (χ4v) is 1.91. The molecule has 0 bridgehead atoms. The summed E-state index contributed by atoms with van der Waals surface area (Å²) in [5.74, 6) is -1.40. The van der Waals surface area contributed by atoms with Gasteiger partial charge in [0.05, 0.1) is 5.56 Å². The minimum atomic E-state index is -0.782. The van der Waals surface area contributed by atoms with Gasteiger partial charge in [-0.15, -0.1) is 0 Å². The molecule has 9 heteroatoms. The highest BCUT2D eigenvalue weighted by molar-refractivity contribution is 6.30. The molecule has 0 atom stereocenters. The lowest BCUT2D eigenvalue weighted by atomic mass is 10.1. The van der Waals surface area contributed by atoms with Crippen molar-refractivity contribution >= 4 is 29.9 Å². The lowest BCUT2D eigenvalue weighted by Crippen LogP contribution is -2.21. The molecule has 140 valence electrons. The fraction of sp³-hybridized carbons (Fsp3) is 0.176. The molecule has 0 unspecified atom stereocenters. The smallest absolute Gasteiger partial charge is 0.303 e. The zero-order valence-electron chi connectivity index (χ0n) is 14.2. The van der Waals surface area contributed by atoms with Gasteiger partial charge in [0.1, 0.15) is 5.49 Å². The van der Waals surface area contributed by atoms with Crippen LogP contribution in [-0.2, 0) is 16.0 Å². The first kappa shape index (κ1) is 23.0. The van der Waals surface area contributed by atoms with E-state index in [1.807, 2.05) is 12.1 Å². The topological polar surface area (TPSA) is 152 Å². The lowest BCUT2D eigenvalue weighted by molar-refractivity contribution is -0.136. The van der Waals surface area contributed by atoms with Crippen molar-refractivity contribution in [2.45, 2.75) is 12.8 Å². The maximum Gasteiger partial charge on any atom is 0.303 e. The van der Waals surface area contributed by atoms with Crippen LogP contribution in [0.3, 0.4) is 0 Å². The number of rotatable bonds is 5. The maximum atomic E-state index is 10.6. The molecule has 0 radical (unpaired) electrons. The van der Waals surface area contributed by atoms with Gasteiger partial charge in [0.2, 0.25) is 12.3 Å². The van der Waals surface area contributed by atoms with E-state index in [9.17, 15) is 14.4 Å². The number of aliphatic carboxylic acids is 1. The van der Waals surface area contributed by atoms with Crippen LogP contribution in [0.4, 0.5) is 0 Å². The number of nitrogens with zero attached hydrogens (tertiary/aromatic N) is 1. The average Bonchev–Trinajstić information content (AvgIpc) is 2.62. The predicted molar refractivity (Wildman–Crippen MR) is 98.5 cm³/mol. The molecule has 2 rings (SSSR count). The Bertz CT molecular complexity index is 805. The van der Waals surface area contributed by atoms with E-state index in [0.717, 1.165) is 10.1 Å². The number of hydrogen-bond acceptors (Lipinski definition) is 5. The van der Waals surface area contributed by atoms with Crippen LogP contribution >= 0.6 is 11.6 Å². The molecule has 6 N–H and O–H groups in total. The molecule has 0 aliphatic carbocycles. The number of carbonyl (C=O) groups excluding carboxylic acids is 2. The van der Waals surface area contributed by atoms with Crippen LogP contribution < -0.4 is 17.0 Å². The Hall–Kier alpha value is -2.97. The Morgan fingerprint density at radius 1 is 1.27 bits per heavy atom. The van der Waals surface area contributed by atoms with Gasteiger partial charge >= 0.3 is 5.97 Å². The first-order valence-electron chi connectivity index (χ1n) is 7.39. The Kier molecular flexibility index (Phi) is 11.0. The molecule has 0 fully saturated rings. The quantitative estimate of drug-likeness (QED) is 0.571. The summed E-state index contributed by atoms with van der Waals surface area (Å²) in [4.78, 5) is 31.1. The molecule has 8 nitrogen and oxygen atoms in total. The number of amides is 1. The number of aryl methyl sites for hydroxylation is 1. The molecular weight excluding hydrogens is 360 g/mol. The van der Waals surface area contributed by atoms with Crippen LogP contribution in [-0.4, -0.2) is 35.0 Å². The van der Waals surface area contributed by atoms with E-state index in [2.05, 4.69) is 5.73 Å². The molecule has 1 aromatic carbocycles. The van der Waals surface area contributed by atoms with Crippen molar-refractivity contribution in [2.24, 2.45) is 11.5 Å². The summed E-state index contributed by atoms with van der Waals surface area (Å²) < 4.78 is 0.972. The first-order valence-corrected chi connectivity index (χ1v) is 7.77. The van der Waals surface area contributed by atoms with Crippen molar-refractivity contribution in [3.63, 3.8) is 0 Å². The molecule has 26 heavy (non-hydrogen) atoms. The van der Waals surface area contributed by atoms with E-state index < -0.39 is 11.9 Å². The normalized spacial score (nSPS) is 9.04. The number of hydrogen-bond donors (Lipinski definition) is 4. The SMILES string of the molecule is CN.N=c1ccc(C(N)=O)cn1C=O.O=C(O)CCc1cccc(Cl)c1. The van der Waals surface area contributed by atoms with E-state index in [4.69, 9.17) is 27.9 Å². The number of nitrogens with two attached hydrogens (primary N) is 2. The monoisotopic (exact) mass is 380 g/mol. The number of carboxylic acids is 1. The van der Waals surface area contributed by atoms with E-state index in [1.54, 1.807) is 12.1 Å². The van der Waals surface area contributed by atoms with Gasteiger partial charge in [0, 0.05) is 17.6 Å². The summed E-state index contributed by atoms with van der Waals surface area (Å²) in [6, 6.07) is 9.96. The minimum absolute atomic E-state index is 0.00926. The van der Waals surface area contributed by atoms with Crippen LogP contribution in [0, 0.1) is 5.41 Å². The van der Waals surface area contributed by atoms with Crippen molar-refractivity contribution in [3.8, 4) is 0 Å². The summed E-state index contributed by atoms with van der Waals surface area (Å²) in [6.45, 7) is 0. The second kappa shape index (κ2) is 12.4. The summed E-state index contributed by atoms with van der Waals surface area (Å²) in [7, 11) is 1.50. The molecule has 1 amide bonds. The number of carbonyl (C=O) groups is 3. The van der Waals surface area contributed by atoms with E-state index >= 15 is 0 Å². The van der Waals surface area contributed by atoms with E-state index in [1.165, 1.54) is 25.4 Å². The van der Waals surface area contributed by atoms with Gasteiger partial charge < -0.3 is 16.6 Å². The number of halogens is 1. The number of pyridine rings is 1. The molecule has 0 spiro atoms.